The summed E-state index contributed by atoms with van der Waals surface area (Å²) in [5.74, 6) is -1.04. The monoisotopic (exact) mass is 279 g/mol. The average molecular weight is 279 g/mol. The highest BCUT2D eigenvalue weighted by Gasteiger charge is 2.05. The van der Waals surface area contributed by atoms with Gasteiger partial charge in [0.2, 0.25) is 0 Å². The number of hydrogen-bond donors (Lipinski definition) is 2. The number of benzene rings is 1. The summed E-state index contributed by atoms with van der Waals surface area (Å²) in [6, 6.07) is 10.4. The van der Waals surface area contributed by atoms with Crippen LogP contribution in [0.1, 0.15) is 15.3 Å². The molecule has 0 saturated heterocycles. The molecule has 2 rings (SSSR count). The number of rotatable bonds is 6. The predicted molar refractivity (Wildman–Crippen MR) is 72.6 cm³/mol. The summed E-state index contributed by atoms with van der Waals surface area (Å²) in [6.07, 6.45) is 0.0536. The van der Waals surface area contributed by atoms with E-state index in [1.54, 1.807) is 18.2 Å². The number of carboxylic acids is 1. The molecule has 19 heavy (non-hydrogen) atoms. The van der Waals surface area contributed by atoms with Crippen LogP contribution in [0.25, 0.3) is 0 Å². The van der Waals surface area contributed by atoms with Crippen molar-refractivity contribution in [3.05, 3.63) is 57.5 Å². The first-order valence-corrected chi connectivity index (χ1v) is 6.70. The van der Waals surface area contributed by atoms with Gasteiger partial charge in [0.15, 0.2) is 0 Å². The highest BCUT2D eigenvalue weighted by molar-refractivity contribution is 7.12. The van der Waals surface area contributed by atoms with Crippen LogP contribution < -0.4 is 5.32 Å². The van der Waals surface area contributed by atoms with Gasteiger partial charge in [0.1, 0.15) is 5.82 Å². The highest BCUT2D eigenvalue weighted by Crippen LogP contribution is 2.17. The maximum Gasteiger partial charge on any atom is 0.308 e. The number of hydrogen-bond acceptors (Lipinski definition) is 3. The number of thiophene rings is 1. The molecule has 100 valence electrons. The zero-order valence-electron chi connectivity index (χ0n) is 10.2. The summed E-state index contributed by atoms with van der Waals surface area (Å²) in [5.41, 5.74) is 0.629. The number of aliphatic carboxylic acids is 1. The van der Waals surface area contributed by atoms with Crippen LogP contribution in [0.2, 0.25) is 0 Å². The Labute approximate surface area is 114 Å². The second kappa shape index (κ2) is 6.45. The lowest BCUT2D eigenvalue weighted by Crippen LogP contribution is -2.12. The van der Waals surface area contributed by atoms with Gasteiger partial charge in [-0.05, 0) is 18.2 Å². The van der Waals surface area contributed by atoms with Gasteiger partial charge in [-0.15, -0.1) is 11.3 Å². The maximum absolute atomic E-state index is 13.4. The van der Waals surface area contributed by atoms with Gasteiger partial charge in [0.25, 0.3) is 0 Å². The van der Waals surface area contributed by atoms with Crippen LogP contribution in [0.15, 0.2) is 36.4 Å². The van der Waals surface area contributed by atoms with Crippen molar-refractivity contribution < 1.29 is 14.3 Å². The predicted octanol–water partition coefficient (Wildman–Crippen LogP) is 2.80. The molecular formula is C14H14FNO2S. The average Bonchev–Trinajstić information content (AvgIpc) is 2.78. The summed E-state index contributed by atoms with van der Waals surface area (Å²) < 4.78 is 13.4. The minimum absolute atomic E-state index is 0.0536. The number of carbonyl (C=O) groups is 1. The van der Waals surface area contributed by atoms with Crippen LogP contribution in [0.4, 0.5) is 4.39 Å². The summed E-state index contributed by atoms with van der Waals surface area (Å²) in [7, 11) is 0. The molecule has 0 radical (unpaired) electrons. The van der Waals surface area contributed by atoms with Crippen LogP contribution >= 0.6 is 11.3 Å². The molecule has 2 N–H and O–H groups in total. The largest absolute Gasteiger partial charge is 0.481 e. The van der Waals surface area contributed by atoms with Gasteiger partial charge in [-0.3, -0.25) is 4.79 Å². The molecule has 0 bridgehead atoms. The molecule has 0 atom stereocenters. The fraction of sp³-hybridized carbons (Fsp3) is 0.214. The fourth-order valence-electron chi connectivity index (χ4n) is 1.72. The van der Waals surface area contributed by atoms with E-state index in [4.69, 9.17) is 5.11 Å². The molecule has 1 heterocycles. The zero-order chi connectivity index (χ0) is 13.7. The minimum Gasteiger partial charge on any atom is -0.481 e. The van der Waals surface area contributed by atoms with Gasteiger partial charge in [0.05, 0.1) is 6.42 Å². The van der Waals surface area contributed by atoms with Crippen molar-refractivity contribution in [2.75, 3.05) is 0 Å². The molecule has 1 aromatic heterocycles. The molecule has 5 heteroatoms. The molecular weight excluding hydrogens is 265 g/mol. The summed E-state index contributed by atoms with van der Waals surface area (Å²) in [5, 5.41) is 11.8. The maximum atomic E-state index is 13.4. The third-order valence-electron chi connectivity index (χ3n) is 2.62. The van der Waals surface area contributed by atoms with E-state index in [-0.39, 0.29) is 12.2 Å². The second-order valence-electron chi connectivity index (χ2n) is 4.13. The quantitative estimate of drug-likeness (QED) is 0.855. The molecule has 1 aromatic carbocycles. The Morgan fingerprint density at radius 1 is 1.16 bits per heavy atom. The molecule has 3 nitrogen and oxygen atoms in total. The summed E-state index contributed by atoms with van der Waals surface area (Å²) in [4.78, 5) is 12.4. The Morgan fingerprint density at radius 3 is 2.63 bits per heavy atom. The summed E-state index contributed by atoms with van der Waals surface area (Å²) >= 11 is 1.46. The standard InChI is InChI=1S/C14H14FNO2S/c15-13-4-2-1-3-10(13)8-16-9-12-6-5-11(19-12)7-14(17)18/h1-6,16H,7-9H2,(H,17,18). The van der Waals surface area contributed by atoms with E-state index in [2.05, 4.69) is 5.32 Å². The number of halogens is 1. The van der Waals surface area contributed by atoms with Gasteiger partial charge in [-0.2, -0.15) is 0 Å². The van der Waals surface area contributed by atoms with E-state index in [0.29, 0.717) is 18.7 Å². The van der Waals surface area contributed by atoms with Gasteiger partial charge < -0.3 is 10.4 Å². The summed E-state index contributed by atoms with van der Waals surface area (Å²) in [6.45, 7) is 1.07. The Bertz CT molecular complexity index is 568. The van der Waals surface area contributed by atoms with Crippen molar-refractivity contribution in [2.24, 2.45) is 0 Å². The third-order valence-corrected chi connectivity index (χ3v) is 3.70. The van der Waals surface area contributed by atoms with E-state index in [0.717, 1.165) is 9.75 Å². The van der Waals surface area contributed by atoms with Crippen molar-refractivity contribution >= 4 is 17.3 Å². The molecule has 0 unspecified atom stereocenters. The van der Waals surface area contributed by atoms with Crippen LogP contribution in [-0.4, -0.2) is 11.1 Å². The Balaban J connectivity index is 1.84. The van der Waals surface area contributed by atoms with E-state index in [9.17, 15) is 9.18 Å². The SMILES string of the molecule is O=C(O)Cc1ccc(CNCc2ccccc2F)s1. The molecule has 2 aromatic rings. The topological polar surface area (TPSA) is 49.3 Å². The van der Waals surface area contributed by atoms with E-state index in [1.165, 1.54) is 17.4 Å². The second-order valence-corrected chi connectivity index (χ2v) is 5.39. The van der Waals surface area contributed by atoms with Crippen LogP contribution in [-0.2, 0) is 24.3 Å². The molecule has 0 fully saturated rings. The number of nitrogens with one attached hydrogen (secondary N) is 1. The number of carboxylic acid groups (broad SMARTS) is 1. The van der Waals surface area contributed by atoms with Crippen LogP contribution in [0, 0.1) is 5.82 Å². The molecule has 0 aliphatic rings. The van der Waals surface area contributed by atoms with E-state index < -0.39 is 5.97 Å². The van der Waals surface area contributed by atoms with Gasteiger partial charge in [0, 0.05) is 28.4 Å². The molecule has 0 aliphatic carbocycles. The van der Waals surface area contributed by atoms with E-state index >= 15 is 0 Å². The van der Waals surface area contributed by atoms with Crippen molar-refractivity contribution in [3.8, 4) is 0 Å². The molecule has 0 spiro atoms. The van der Waals surface area contributed by atoms with Crippen LogP contribution in [0.3, 0.4) is 0 Å². The first-order chi connectivity index (χ1) is 9.15. The normalized spacial score (nSPS) is 10.6. The fourth-order valence-corrected chi connectivity index (χ4v) is 2.70. The lowest BCUT2D eigenvalue weighted by atomic mass is 10.2. The first-order valence-electron chi connectivity index (χ1n) is 5.88. The van der Waals surface area contributed by atoms with E-state index in [1.807, 2.05) is 12.1 Å². The van der Waals surface area contributed by atoms with Gasteiger partial charge in [-0.25, -0.2) is 4.39 Å². The van der Waals surface area contributed by atoms with Gasteiger partial charge >= 0.3 is 5.97 Å². The molecule has 0 amide bonds. The Morgan fingerprint density at radius 2 is 1.89 bits per heavy atom. The van der Waals surface area contributed by atoms with Crippen molar-refractivity contribution in [1.82, 2.24) is 5.32 Å². The van der Waals surface area contributed by atoms with Crippen molar-refractivity contribution in [3.63, 3.8) is 0 Å². The lowest BCUT2D eigenvalue weighted by molar-refractivity contribution is -0.136. The minimum atomic E-state index is -0.826. The third kappa shape index (κ3) is 4.15. The Kier molecular flexibility index (Phi) is 4.65. The first kappa shape index (κ1) is 13.7. The Hall–Kier alpha value is -1.72. The van der Waals surface area contributed by atoms with Gasteiger partial charge in [-0.1, -0.05) is 18.2 Å². The highest BCUT2D eigenvalue weighted by atomic mass is 32.1. The van der Waals surface area contributed by atoms with Crippen molar-refractivity contribution in [1.29, 1.82) is 0 Å². The molecule has 0 aliphatic heterocycles. The lowest BCUT2D eigenvalue weighted by Gasteiger charge is -2.04. The molecule has 0 saturated carbocycles. The zero-order valence-corrected chi connectivity index (χ0v) is 11.0. The smallest absolute Gasteiger partial charge is 0.308 e. The van der Waals surface area contributed by atoms with Crippen LogP contribution in [0.5, 0.6) is 0 Å². The van der Waals surface area contributed by atoms with Crippen molar-refractivity contribution in [2.45, 2.75) is 19.5 Å².